The third-order valence-electron chi connectivity index (χ3n) is 2.81. The molecular weight excluding hydrogens is 268 g/mol. The molecule has 3 nitrogen and oxygen atoms in total. The summed E-state index contributed by atoms with van der Waals surface area (Å²) in [5, 5.41) is 0. The number of nitrogens with two attached hydrogens (primary N) is 1. The number of carbonyl (C=O) groups excluding carboxylic acids is 1. The summed E-state index contributed by atoms with van der Waals surface area (Å²) in [6.07, 6.45) is 2.25. The molecular formula is C12H15BrN2O. The van der Waals surface area contributed by atoms with Crippen LogP contribution >= 0.6 is 15.9 Å². The van der Waals surface area contributed by atoms with Gasteiger partial charge in [-0.05, 0) is 53.9 Å². The van der Waals surface area contributed by atoms with Crippen LogP contribution in [0.25, 0.3) is 0 Å². The van der Waals surface area contributed by atoms with Gasteiger partial charge in [-0.15, -0.1) is 0 Å². The van der Waals surface area contributed by atoms with Gasteiger partial charge in [0, 0.05) is 22.7 Å². The normalized spacial score (nSPS) is 14.9. The molecule has 0 atom stereocenters. The van der Waals surface area contributed by atoms with Gasteiger partial charge in [0.15, 0.2) is 0 Å². The first-order chi connectivity index (χ1) is 7.63. The number of anilines is 1. The molecule has 2 rings (SSSR count). The van der Waals surface area contributed by atoms with Crippen molar-refractivity contribution in [2.45, 2.75) is 25.8 Å². The lowest BCUT2D eigenvalue weighted by atomic mass is 10.1. The van der Waals surface area contributed by atoms with Gasteiger partial charge in [0.25, 0.3) is 5.91 Å². The van der Waals surface area contributed by atoms with Crippen molar-refractivity contribution in [3.8, 4) is 0 Å². The first-order valence-corrected chi connectivity index (χ1v) is 6.28. The van der Waals surface area contributed by atoms with Crippen molar-refractivity contribution in [3.63, 3.8) is 0 Å². The lowest BCUT2D eigenvalue weighted by molar-refractivity contribution is 0.0751. The number of nitrogens with zero attached hydrogens (tertiary/aromatic N) is 1. The second-order valence-electron chi connectivity index (χ2n) is 4.06. The maximum Gasteiger partial charge on any atom is 0.255 e. The molecule has 16 heavy (non-hydrogen) atoms. The minimum atomic E-state index is 0.0733. The Morgan fingerprint density at radius 1 is 1.56 bits per heavy atom. The van der Waals surface area contributed by atoms with Crippen LogP contribution in [0.2, 0.25) is 0 Å². The van der Waals surface area contributed by atoms with E-state index in [1.54, 1.807) is 12.1 Å². The van der Waals surface area contributed by atoms with Crippen LogP contribution in [0.5, 0.6) is 0 Å². The van der Waals surface area contributed by atoms with Crippen molar-refractivity contribution >= 4 is 27.5 Å². The molecule has 0 unspecified atom stereocenters. The Morgan fingerprint density at radius 3 is 2.81 bits per heavy atom. The molecule has 0 heterocycles. The molecule has 1 aromatic rings. The molecule has 2 N–H and O–H groups in total. The fourth-order valence-corrected chi connectivity index (χ4v) is 2.23. The first kappa shape index (κ1) is 11.5. The zero-order chi connectivity index (χ0) is 11.7. The fourth-order valence-electron chi connectivity index (χ4n) is 1.82. The number of hydrogen-bond acceptors (Lipinski definition) is 2. The summed E-state index contributed by atoms with van der Waals surface area (Å²) in [6, 6.07) is 5.78. The number of nitrogen functional groups attached to an aromatic ring is 1. The third kappa shape index (κ3) is 2.21. The molecule has 1 saturated carbocycles. The maximum absolute atomic E-state index is 12.3. The van der Waals surface area contributed by atoms with E-state index in [9.17, 15) is 4.79 Å². The topological polar surface area (TPSA) is 46.3 Å². The van der Waals surface area contributed by atoms with Crippen LogP contribution in [-0.2, 0) is 0 Å². The quantitative estimate of drug-likeness (QED) is 0.867. The highest BCUT2D eigenvalue weighted by Crippen LogP contribution is 2.30. The van der Waals surface area contributed by atoms with Gasteiger partial charge in [0.2, 0.25) is 0 Å². The van der Waals surface area contributed by atoms with Crippen molar-refractivity contribution < 1.29 is 4.79 Å². The highest BCUT2D eigenvalue weighted by atomic mass is 79.9. The van der Waals surface area contributed by atoms with E-state index >= 15 is 0 Å². The summed E-state index contributed by atoms with van der Waals surface area (Å²) < 4.78 is 0.811. The summed E-state index contributed by atoms with van der Waals surface area (Å²) >= 11 is 3.40. The molecule has 0 aliphatic heterocycles. The fraction of sp³-hybridized carbons (Fsp3) is 0.417. The third-order valence-corrected chi connectivity index (χ3v) is 3.50. The molecule has 0 aromatic heterocycles. The van der Waals surface area contributed by atoms with Gasteiger partial charge >= 0.3 is 0 Å². The molecule has 0 spiro atoms. The van der Waals surface area contributed by atoms with Gasteiger partial charge < -0.3 is 10.6 Å². The van der Waals surface area contributed by atoms with Gasteiger partial charge in [-0.2, -0.15) is 0 Å². The molecule has 1 aliphatic carbocycles. The van der Waals surface area contributed by atoms with Gasteiger partial charge in [0.05, 0.1) is 5.56 Å². The van der Waals surface area contributed by atoms with E-state index in [2.05, 4.69) is 15.9 Å². The lowest BCUT2D eigenvalue weighted by Crippen LogP contribution is -2.33. The Hall–Kier alpha value is -1.03. The highest BCUT2D eigenvalue weighted by molar-refractivity contribution is 9.10. The van der Waals surface area contributed by atoms with E-state index < -0.39 is 0 Å². The number of carbonyl (C=O) groups is 1. The zero-order valence-electron chi connectivity index (χ0n) is 9.24. The Labute approximate surface area is 104 Å². The van der Waals surface area contributed by atoms with Gasteiger partial charge in [-0.3, -0.25) is 4.79 Å². The number of hydrogen-bond donors (Lipinski definition) is 1. The summed E-state index contributed by atoms with van der Waals surface area (Å²) in [5.41, 5.74) is 6.99. The Kier molecular flexibility index (Phi) is 3.19. The Balaban J connectivity index is 2.28. The van der Waals surface area contributed by atoms with Crippen LogP contribution < -0.4 is 5.73 Å². The van der Waals surface area contributed by atoms with Crippen LogP contribution in [-0.4, -0.2) is 23.4 Å². The molecule has 4 heteroatoms. The largest absolute Gasteiger partial charge is 0.399 e. The molecule has 0 saturated heterocycles. The smallest absolute Gasteiger partial charge is 0.255 e. The van der Waals surface area contributed by atoms with Crippen LogP contribution in [0.4, 0.5) is 5.69 Å². The Morgan fingerprint density at radius 2 is 2.25 bits per heavy atom. The maximum atomic E-state index is 12.3. The lowest BCUT2D eigenvalue weighted by Gasteiger charge is -2.21. The van der Waals surface area contributed by atoms with Crippen molar-refractivity contribution in [1.29, 1.82) is 0 Å². The molecule has 1 aliphatic rings. The van der Waals surface area contributed by atoms with E-state index in [0.717, 1.165) is 23.9 Å². The summed E-state index contributed by atoms with van der Waals surface area (Å²) in [4.78, 5) is 14.2. The molecule has 0 radical (unpaired) electrons. The minimum Gasteiger partial charge on any atom is -0.399 e. The second kappa shape index (κ2) is 4.45. The predicted octanol–water partition coefficient (Wildman–Crippen LogP) is 2.66. The van der Waals surface area contributed by atoms with Crippen LogP contribution in [0.3, 0.4) is 0 Å². The summed E-state index contributed by atoms with van der Waals surface area (Å²) in [5.74, 6) is 0.0733. The number of rotatable bonds is 3. The molecule has 1 fully saturated rings. The molecule has 1 amide bonds. The van der Waals surface area contributed by atoms with Gasteiger partial charge in [-0.1, -0.05) is 0 Å². The number of benzene rings is 1. The number of halogens is 1. The molecule has 1 aromatic carbocycles. The predicted molar refractivity (Wildman–Crippen MR) is 68.3 cm³/mol. The van der Waals surface area contributed by atoms with Gasteiger partial charge in [-0.25, -0.2) is 0 Å². The monoisotopic (exact) mass is 282 g/mol. The standard InChI is InChI=1S/C12H15BrN2O/c1-2-15(9-4-5-9)12(16)10-7-8(14)3-6-11(10)13/h3,6-7,9H,2,4-5,14H2,1H3. The summed E-state index contributed by atoms with van der Waals surface area (Å²) in [7, 11) is 0. The van der Waals surface area contributed by atoms with Crippen LogP contribution in [0, 0.1) is 0 Å². The van der Waals surface area contributed by atoms with Gasteiger partial charge in [0.1, 0.15) is 0 Å². The zero-order valence-corrected chi connectivity index (χ0v) is 10.8. The second-order valence-corrected chi connectivity index (χ2v) is 4.92. The van der Waals surface area contributed by atoms with E-state index in [0.29, 0.717) is 17.3 Å². The SMILES string of the molecule is CCN(C(=O)c1cc(N)ccc1Br)C1CC1. The van der Waals surface area contributed by atoms with E-state index in [-0.39, 0.29) is 5.91 Å². The van der Waals surface area contributed by atoms with Crippen molar-refractivity contribution in [2.75, 3.05) is 12.3 Å². The minimum absolute atomic E-state index is 0.0733. The Bertz CT molecular complexity index is 415. The van der Waals surface area contributed by atoms with E-state index in [4.69, 9.17) is 5.73 Å². The average Bonchev–Trinajstić information content (AvgIpc) is 3.07. The van der Waals surface area contributed by atoms with Crippen LogP contribution in [0.15, 0.2) is 22.7 Å². The number of amides is 1. The average molecular weight is 283 g/mol. The van der Waals surface area contributed by atoms with E-state index in [1.807, 2.05) is 17.9 Å². The highest BCUT2D eigenvalue weighted by Gasteiger charge is 2.32. The molecule has 86 valence electrons. The van der Waals surface area contributed by atoms with Crippen molar-refractivity contribution in [3.05, 3.63) is 28.2 Å². The van der Waals surface area contributed by atoms with Crippen LogP contribution in [0.1, 0.15) is 30.1 Å². The van der Waals surface area contributed by atoms with E-state index in [1.165, 1.54) is 0 Å². The van der Waals surface area contributed by atoms with Crippen molar-refractivity contribution in [2.24, 2.45) is 0 Å². The van der Waals surface area contributed by atoms with Crippen molar-refractivity contribution in [1.82, 2.24) is 4.90 Å². The first-order valence-electron chi connectivity index (χ1n) is 5.49. The molecule has 0 bridgehead atoms. The summed E-state index contributed by atoms with van der Waals surface area (Å²) in [6.45, 7) is 2.77.